The topological polar surface area (TPSA) is 114 Å². The van der Waals surface area contributed by atoms with Gasteiger partial charge >= 0.3 is 0 Å². The molecule has 0 fully saturated rings. The van der Waals surface area contributed by atoms with Crippen molar-refractivity contribution in [1.82, 2.24) is 25.4 Å². The largest absolute Gasteiger partial charge is 0.360 e. The Morgan fingerprint density at radius 1 is 1.42 bits per heavy atom. The molecule has 8 nitrogen and oxygen atoms in total. The molecular formula is C22H25N5O3S. The Morgan fingerprint density at radius 3 is 3.06 bits per heavy atom. The lowest BCUT2D eigenvalue weighted by molar-refractivity contribution is 0.0925. The summed E-state index contributed by atoms with van der Waals surface area (Å²) in [6.07, 6.45) is 6.89. The van der Waals surface area contributed by atoms with Crippen LogP contribution in [0.15, 0.2) is 39.8 Å². The van der Waals surface area contributed by atoms with Crippen LogP contribution in [0.5, 0.6) is 0 Å². The predicted molar refractivity (Wildman–Crippen MR) is 119 cm³/mol. The van der Waals surface area contributed by atoms with Gasteiger partial charge < -0.3 is 14.8 Å². The first-order valence-corrected chi connectivity index (χ1v) is 11.7. The molecule has 0 unspecified atom stereocenters. The molecule has 0 aromatic carbocycles. The number of carbonyl (C=O) groups is 1. The maximum Gasteiger partial charge on any atom is 0.274 e. The Morgan fingerprint density at radius 2 is 2.29 bits per heavy atom. The highest BCUT2D eigenvalue weighted by Crippen LogP contribution is 2.28. The molecule has 0 radical (unpaired) electrons. The summed E-state index contributed by atoms with van der Waals surface area (Å²) >= 11 is 1.67. The molecule has 4 rings (SSSR count). The minimum Gasteiger partial charge on any atom is -0.360 e. The lowest BCUT2D eigenvalue weighted by atomic mass is 9.88. The fraction of sp³-hybridized carbons (Fsp3) is 0.409. The van der Waals surface area contributed by atoms with Crippen LogP contribution in [0.1, 0.15) is 53.3 Å². The van der Waals surface area contributed by atoms with E-state index in [0.29, 0.717) is 35.2 Å². The third kappa shape index (κ3) is 4.87. The lowest BCUT2D eigenvalue weighted by Crippen LogP contribution is -2.32. The van der Waals surface area contributed by atoms with E-state index in [1.165, 1.54) is 6.07 Å². The molecule has 31 heavy (non-hydrogen) atoms. The number of nitrogens with one attached hydrogen (secondary N) is 2. The average Bonchev–Trinajstić information content (AvgIpc) is 3.20. The number of aryl methyl sites for hydroxylation is 1. The SMILES string of the molecule is CSCC[C@H](NC(=O)c1noc2c1C[C@H](C)CC2)c1cc(=O)[nH]c(-c2ccccn2)n1. The van der Waals surface area contributed by atoms with Crippen molar-refractivity contribution in [3.8, 4) is 11.5 Å². The first-order chi connectivity index (χ1) is 15.0. The lowest BCUT2D eigenvalue weighted by Gasteiger charge is -2.19. The molecule has 1 amide bonds. The molecule has 1 aliphatic rings. The molecule has 3 aromatic heterocycles. The highest BCUT2D eigenvalue weighted by atomic mass is 32.2. The number of rotatable bonds is 7. The van der Waals surface area contributed by atoms with Gasteiger partial charge in [0.25, 0.3) is 11.5 Å². The van der Waals surface area contributed by atoms with Crippen LogP contribution >= 0.6 is 11.8 Å². The minimum absolute atomic E-state index is 0.290. The second kappa shape index (κ2) is 9.47. The van der Waals surface area contributed by atoms with Gasteiger partial charge in [0.05, 0.1) is 11.7 Å². The highest BCUT2D eigenvalue weighted by molar-refractivity contribution is 7.98. The first kappa shape index (κ1) is 21.3. The van der Waals surface area contributed by atoms with Crippen molar-refractivity contribution < 1.29 is 9.32 Å². The zero-order valence-electron chi connectivity index (χ0n) is 17.6. The van der Waals surface area contributed by atoms with Crippen LogP contribution in [0.2, 0.25) is 0 Å². The summed E-state index contributed by atoms with van der Waals surface area (Å²) in [5.41, 5.74) is 2.01. The van der Waals surface area contributed by atoms with Crippen LogP contribution in [0.3, 0.4) is 0 Å². The van der Waals surface area contributed by atoms with Gasteiger partial charge in [0, 0.05) is 24.2 Å². The van der Waals surface area contributed by atoms with Gasteiger partial charge in [0.15, 0.2) is 11.5 Å². The second-order valence-corrected chi connectivity index (χ2v) is 8.81. The van der Waals surface area contributed by atoms with Crippen LogP contribution in [-0.4, -0.2) is 38.0 Å². The minimum atomic E-state index is -0.432. The third-order valence-electron chi connectivity index (χ3n) is 5.44. The van der Waals surface area contributed by atoms with Crippen molar-refractivity contribution in [3.63, 3.8) is 0 Å². The summed E-state index contributed by atoms with van der Waals surface area (Å²) in [7, 11) is 0. The number of aromatic amines is 1. The second-order valence-electron chi connectivity index (χ2n) is 7.82. The molecular weight excluding hydrogens is 414 g/mol. The number of thioether (sulfide) groups is 1. The van der Waals surface area contributed by atoms with Gasteiger partial charge in [0.2, 0.25) is 0 Å². The number of fused-ring (bicyclic) bond motifs is 1. The Balaban J connectivity index is 1.63. The summed E-state index contributed by atoms with van der Waals surface area (Å²) in [6.45, 7) is 2.16. The van der Waals surface area contributed by atoms with Gasteiger partial charge in [0.1, 0.15) is 11.5 Å². The van der Waals surface area contributed by atoms with Crippen LogP contribution in [-0.2, 0) is 12.8 Å². The van der Waals surface area contributed by atoms with E-state index in [9.17, 15) is 9.59 Å². The molecule has 0 saturated heterocycles. The van der Waals surface area contributed by atoms with E-state index in [-0.39, 0.29) is 11.5 Å². The number of amides is 1. The summed E-state index contributed by atoms with van der Waals surface area (Å²) in [6, 6.07) is 6.40. The molecule has 0 aliphatic heterocycles. The molecule has 0 spiro atoms. The third-order valence-corrected chi connectivity index (χ3v) is 6.09. The van der Waals surface area contributed by atoms with Gasteiger partial charge in [-0.15, -0.1) is 0 Å². The van der Waals surface area contributed by atoms with Gasteiger partial charge in [-0.3, -0.25) is 14.6 Å². The summed E-state index contributed by atoms with van der Waals surface area (Å²) in [5.74, 6) is 2.16. The quantitative estimate of drug-likeness (QED) is 0.581. The van der Waals surface area contributed by atoms with E-state index in [1.54, 1.807) is 30.1 Å². The van der Waals surface area contributed by atoms with E-state index in [4.69, 9.17) is 4.52 Å². The fourth-order valence-electron chi connectivity index (χ4n) is 3.79. The van der Waals surface area contributed by atoms with Crippen molar-refractivity contribution in [2.75, 3.05) is 12.0 Å². The van der Waals surface area contributed by atoms with Crippen molar-refractivity contribution >= 4 is 17.7 Å². The van der Waals surface area contributed by atoms with Gasteiger partial charge in [-0.2, -0.15) is 11.8 Å². The molecule has 3 heterocycles. The van der Waals surface area contributed by atoms with E-state index in [1.807, 2.05) is 12.3 Å². The van der Waals surface area contributed by atoms with Crippen LogP contribution in [0, 0.1) is 5.92 Å². The number of aromatic nitrogens is 4. The number of carbonyl (C=O) groups excluding carboxylic acids is 1. The maximum atomic E-state index is 13.1. The average molecular weight is 440 g/mol. The van der Waals surface area contributed by atoms with Gasteiger partial charge in [-0.25, -0.2) is 4.98 Å². The van der Waals surface area contributed by atoms with Crippen LogP contribution in [0.25, 0.3) is 11.5 Å². The van der Waals surface area contributed by atoms with Crippen LogP contribution < -0.4 is 10.9 Å². The molecule has 3 aromatic rings. The monoisotopic (exact) mass is 439 g/mol. The van der Waals surface area contributed by atoms with E-state index < -0.39 is 6.04 Å². The van der Waals surface area contributed by atoms with Crippen molar-refractivity contribution in [2.24, 2.45) is 5.92 Å². The van der Waals surface area contributed by atoms with E-state index in [0.717, 1.165) is 36.3 Å². The van der Waals surface area contributed by atoms with E-state index in [2.05, 4.69) is 32.3 Å². The Bertz CT molecular complexity index is 1110. The summed E-state index contributed by atoms with van der Waals surface area (Å²) < 4.78 is 5.43. The predicted octanol–water partition coefficient (Wildman–Crippen LogP) is 3.17. The van der Waals surface area contributed by atoms with E-state index >= 15 is 0 Å². The van der Waals surface area contributed by atoms with Crippen molar-refractivity contribution in [3.05, 3.63) is 63.5 Å². The Hall–Kier alpha value is -2.94. The van der Waals surface area contributed by atoms with Gasteiger partial charge in [-0.1, -0.05) is 18.1 Å². The zero-order chi connectivity index (χ0) is 21.8. The highest BCUT2D eigenvalue weighted by Gasteiger charge is 2.28. The number of nitrogens with zero attached hydrogens (tertiary/aromatic N) is 3. The molecule has 1 aliphatic carbocycles. The number of hydrogen-bond donors (Lipinski definition) is 2. The molecule has 2 atom stereocenters. The smallest absolute Gasteiger partial charge is 0.274 e. The normalized spacial score (nSPS) is 16.5. The van der Waals surface area contributed by atoms with Crippen molar-refractivity contribution in [2.45, 2.75) is 38.6 Å². The number of hydrogen-bond acceptors (Lipinski definition) is 7. The Kier molecular flexibility index (Phi) is 6.50. The molecule has 0 saturated carbocycles. The maximum absolute atomic E-state index is 13.1. The standard InChI is InChI=1S/C22H25N5O3S/c1-13-6-7-18-14(11-13)20(27-30-18)22(29)25-15(8-10-31-2)17-12-19(28)26-21(24-17)16-5-3-4-9-23-16/h3-5,9,12-13,15H,6-8,10-11H2,1-2H3,(H,25,29)(H,24,26,28)/t13-,15+/m1/s1. The summed E-state index contributed by atoms with van der Waals surface area (Å²) in [5, 5.41) is 7.08. The van der Waals surface area contributed by atoms with Gasteiger partial charge in [-0.05, 0) is 49.3 Å². The molecule has 9 heteroatoms. The van der Waals surface area contributed by atoms with Crippen LogP contribution in [0.4, 0.5) is 0 Å². The summed E-state index contributed by atoms with van der Waals surface area (Å²) in [4.78, 5) is 37.0. The first-order valence-electron chi connectivity index (χ1n) is 10.3. The molecule has 2 N–H and O–H groups in total. The zero-order valence-corrected chi connectivity index (χ0v) is 18.4. The molecule has 162 valence electrons. The Labute approximate surface area is 184 Å². The number of pyridine rings is 1. The number of H-pyrrole nitrogens is 1. The molecule has 0 bridgehead atoms. The van der Waals surface area contributed by atoms with Crippen molar-refractivity contribution in [1.29, 1.82) is 0 Å². The fourth-order valence-corrected chi connectivity index (χ4v) is 4.26.